The minimum atomic E-state index is 0.748. The maximum Gasteiger partial charge on any atom is 0.132 e. The minimum Gasteiger partial charge on any atom is -0.355 e. The average Bonchev–Trinajstić information content (AvgIpc) is 2.54. The highest BCUT2D eigenvalue weighted by Gasteiger charge is 2.18. The summed E-state index contributed by atoms with van der Waals surface area (Å²) in [5.41, 5.74) is 1.05. The van der Waals surface area contributed by atoms with Crippen LogP contribution in [0.15, 0.2) is 12.4 Å². The van der Waals surface area contributed by atoms with Crippen LogP contribution in [0.2, 0.25) is 0 Å². The largest absolute Gasteiger partial charge is 0.355 e. The molecule has 0 aliphatic carbocycles. The Kier molecular flexibility index (Phi) is 4.04. The third kappa shape index (κ3) is 2.88. The Hall–Kier alpha value is -0.770. The van der Waals surface area contributed by atoms with Gasteiger partial charge in [-0.2, -0.15) is 11.8 Å². The van der Waals surface area contributed by atoms with E-state index in [1.165, 1.54) is 19.3 Å². The summed E-state index contributed by atoms with van der Waals surface area (Å²) in [6.07, 6.45) is 7.83. The van der Waals surface area contributed by atoms with Crippen molar-refractivity contribution in [1.29, 1.82) is 0 Å². The van der Waals surface area contributed by atoms with Gasteiger partial charge in [-0.3, -0.25) is 0 Å². The van der Waals surface area contributed by atoms with Gasteiger partial charge in [0.05, 0.1) is 0 Å². The Balaban J connectivity index is 2.12. The van der Waals surface area contributed by atoms with Crippen LogP contribution in [0, 0.1) is 6.92 Å². The summed E-state index contributed by atoms with van der Waals surface area (Å²) in [6, 6.07) is 2.09. The number of nitrogens with zero attached hydrogens (tertiary/aromatic N) is 3. The van der Waals surface area contributed by atoms with Gasteiger partial charge < -0.3 is 4.90 Å². The van der Waals surface area contributed by atoms with Gasteiger partial charge >= 0.3 is 0 Å². The zero-order valence-corrected chi connectivity index (χ0v) is 10.8. The van der Waals surface area contributed by atoms with E-state index in [2.05, 4.69) is 27.2 Å². The monoisotopic (exact) mass is 237 g/mol. The van der Waals surface area contributed by atoms with Crippen molar-refractivity contribution in [3.63, 3.8) is 0 Å². The van der Waals surface area contributed by atoms with E-state index >= 15 is 0 Å². The fraction of sp³-hybridized carbons (Fsp3) is 0.667. The van der Waals surface area contributed by atoms with Gasteiger partial charge in [-0.1, -0.05) is 6.42 Å². The number of anilines is 1. The smallest absolute Gasteiger partial charge is 0.132 e. The molecule has 1 saturated heterocycles. The van der Waals surface area contributed by atoms with E-state index in [1.807, 2.05) is 18.7 Å². The highest BCUT2D eigenvalue weighted by Crippen LogP contribution is 2.23. The van der Waals surface area contributed by atoms with Crippen LogP contribution in [0.3, 0.4) is 0 Å². The predicted molar refractivity (Wildman–Crippen MR) is 70.1 cm³/mol. The number of rotatable bonds is 2. The SMILES string of the molecule is CSC1CCCCN(c2cc(C)ncn2)C1. The summed E-state index contributed by atoms with van der Waals surface area (Å²) in [6.45, 7) is 4.28. The van der Waals surface area contributed by atoms with Gasteiger partial charge in [0.1, 0.15) is 12.1 Å². The first-order chi connectivity index (χ1) is 7.79. The van der Waals surface area contributed by atoms with Gasteiger partial charge in [0.25, 0.3) is 0 Å². The summed E-state index contributed by atoms with van der Waals surface area (Å²) >= 11 is 1.98. The molecule has 0 aromatic carbocycles. The second-order valence-corrected chi connectivity index (χ2v) is 5.46. The summed E-state index contributed by atoms with van der Waals surface area (Å²) < 4.78 is 0. The summed E-state index contributed by atoms with van der Waals surface area (Å²) in [4.78, 5) is 10.9. The lowest BCUT2D eigenvalue weighted by Crippen LogP contribution is -2.30. The molecule has 1 aliphatic heterocycles. The van der Waals surface area contributed by atoms with Crippen LogP contribution in [0.4, 0.5) is 5.82 Å². The van der Waals surface area contributed by atoms with Crippen LogP contribution < -0.4 is 4.90 Å². The van der Waals surface area contributed by atoms with Crippen molar-refractivity contribution in [2.24, 2.45) is 0 Å². The second kappa shape index (κ2) is 5.53. The van der Waals surface area contributed by atoms with Gasteiger partial charge in [0.2, 0.25) is 0 Å². The molecule has 1 fully saturated rings. The minimum absolute atomic E-state index is 0.748. The normalized spacial score (nSPS) is 21.9. The maximum atomic E-state index is 4.38. The second-order valence-electron chi connectivity index (χ2n) is 4.32. The highest BCUT2D eigenvalue weighted by molar-refractivity contribution is 7.99. The highest BCUT2D eigenvalue weighted by atomic mass is 32.2. The first kappa shape index (κ1) is 11.7. The molecular weight excluding hydrogens is 218 g/mol. The molecule has 88 valence electrons. The van der Waals surface area contributed by atoms with E-state index in [1.54, 1.807) is 6.33 Å². The molecule has 1 unspecified atom stereocenters. The van der Waals surface area contributed by atoms with Crippen molar-refractivity contribution < 1.29 is 0 Å². The maximum absolute atomic E-state index is 4.38. The van der Waals surface area contributed by atoms with E-state index in [0.29, 0.717) is 0 Å². The van der Waals surface area contributed by atoms with Gasteiger partial charge in [-0.15, -0.1) is 0 Å². The number of aryl methyl sites for hydroxylation is 1. The Morgan fingerprint density at radius 1 is 1.38 bits per heavy atom. The van der Waals surface area contributed by atoms with E-state index in [-0.39, 0.29) is 0 Å². The fourth-order valence-electron chi connectivity index (χ4n) is 2.12. The number of aromatic nitrogens is 2. The first-order valence-corrected chi connectivity index (χ1v) is 7.15. The molecule has 0 saturated carbocycles. The van der Waals surface area contributed by atoms with Crippen molar-refractivity contribution in [2.45, 2.75) is 31.4 Å². The first-order valence-electron chi connectivity index (χ1n) is 5.86. The average molecular weight is 237 g/mol. The molecule has 16 heavy (non-hydrogen) atoms. The molecule has 2 heterocycles. The van der Waals surface area contributed by atoms with Gasteiger partial charge in [-0.05, 0) is 26.0 Å². The Bertz CT molecular complexity index is 343. The molecule has 2 rings (SSSR count). The molecule has 0 amide bonds. The van der Waals surface area contributed by atoms with E-state index in [9.17, 15) is 0 Å². The molecule has 0 spiro atoms. The molecule has 0 bridgehead atoms. The summed E-state index contributed by atoms with van der Waals surface area (Å²) in [5.74, 6) is 1.09. The van der Waals surface area contributed by atoms with Crippen LogP contribution in [0.25, 0.3) is 0 Å². The van der Waals surface area contributed by atoms with Crippen molar-refractivity contribution in [3.8, 4) is 0 Å². The zero-order valence-electron chi connectivity index (χ0n) is 10.0. The molecule has 1 aliphatic rings. The number of hydrogen-bond acceptors (Lipinski definition) is 4. The van der Waals surface area contributed by atoms with Crippen LogP contribution in [-0.4, -0.2) is 34.6 Å². The fourth-order valence-corrected chi connectivity index (χ4v) is 2.85. The van der Waals surface area contributed by atoms with Gasteiger partial charge in [0, 0.05) is 30.1 Å². The van der Waals surface area contributed by atoms with Gasteiger partial charge in [-0.25, -0.2) is 9.97 Å². The lowest BCUT2D eigenvalue weighted by atomic mass is 10.2. The summed E-state index contributed by atoms with van der Waals surface area (Å²) in [7, 11) is 0. The zero-order chi connectivity index (χ0) is 11.4. The third-order valence-corrected chi connectivity index (χ3v) is 4.13. The van der Waals surface area contributed by atoms with Gasteiger partial charge in [0.15, 0.2) is 0 Å². The van der Waals surface area contributed by atoms with Crippen molar-refractivity contribution in [3.05, 3.63) is 18.1 Å². The van der Waals surface area contributed by atoms with Crippen LogP contribution >= 0.6 is 11.8 Å². The van der Waals surface area contributed by atoms with Crippen LogP contribution in [-0.2, 0) is 0 Å². The summed E-state index contributed by atoms with van der Waals surface area (Å²) in [5, 5.41) is 0.748. The molecule has 1 atom stereocenters. The topological polar surface area (TPSA) is 29.0 Å². The molecule has 3 nitrogen and oxygen atoms in total. The molecular formula is C12H19N3S. The van der Waals surface area contributed by atoms with E-state index in [0.717, 1.165) is 29.9 Å². The Labute approximate surface area is 102 Å². The number of hydrogen-bond donors (Lipinski definition) is 0. The van der Waals surface area contributed by atoms with E-state index in [4.69, 9.17) is 0 Å². The van der Waals surface area contributed by atoms with E-state index < -0.39 is 0 Å². The molecule has 0 N–H and O–H groups in total. The molecule has 0 radical (unpaired) electrons. The lowest BCUT2D eigenvalue weighted by molar-refractivity contribution is 0.736. The van der Waals surface area contributed by atoms with Crippen LogP contribution in [0.5, 0.6) is 0 Å². The van der Waals surface area contributed by atoms with Crippen molar-refractivity contribution >= 4 is 17.6 Å². The standard InChI is InChI=1S/C12H19N3S/c1-10-7-12(14-9-13-10)15-6-4-3-5-11(8-15)16-2/h7,9,11H,3-6,8H2,1-2H3. The third-order valence-electron chi connectivity index (χ3n) is 3.07. The van der Waals surface area contributed by atoms with Crippen molar-refractivity contribution in [2.75, 3.05) is 24.2 Å². The molecule has 1 aromatic rings. The Morgan fingerprint density at radius 3 is 3.00 bits per heavy atom. The van der Waals surface area contributed by atoms with Crippen molar-refractivity contribution in [1.82, 2.24) is 9.97 Å². The quantitative estimate of drug-likeness (QED) is 0.790. The lowest BCUT2D eigenvalue weighted by Gasteiger charge is -2.24. The van der Waals surface area contributed by atoms with Crippen LogP contribution in [0.1, 0.15) is 25.0 Å². The predicted octanol–water partition coefficient (Wildman–Crippen LogP) is 2.51. The molecule has 4 heteroatoms. The Morgan fingerprint density at radius 2 is 2.25 bits per heavy atom. The number of thioether (sulfide) groups is 1. The molecule has 1 aromatic heterocycles.